The maximum Gasteiger partial charge on any atom is 0.426 e. The minimum absolute atomic E-state index is 0.0374. The van der Waals surface area contributed by atoms with Gasteiger partial charge in [0, 0.05) is 96.7 Å². The highest BCUT2D eigenvalue weighted by molar-refractivity contribution is 8.76. The number of carbonyl (C=O) groups excluding carboxylic acids is 6. The minimum Gasteiger partial charge on any atom is -0.496 e. The highest BCUT2D eigenvalue weighted by atomic mass is 33.1. The number of hydrogen-bond acceptors (Lipinski definition) is 24. The van der Waals surface area contributed by atoms with Crippen molar-refractivity contribution in [3.05, 3.63) is 53.1 Å². The fourth-order valence-electron chi connectivity index (χ4n) is 17.2. The fourth-order valence-corrected chi connectivity index (χ4v) is 19.2. The lowest BCUT2D eigenvalue weighted by atomic mass is 9.46. The molecule has 0 radical (unpaired) electrons. The molecule has 1 aliphatic carbocycles. The summed E-state index contributed by atoms with van der Waals surface area (Å²) in [4.78, 5) is 113. The van der Waals surface area contributed by atoms with Crippen LogP contribution in [-0.4, -0.2) is 254 Å². The van der Waals surface area contributed by atoms with Gasteiger partial charge in [-0.3, -0.25) is 39.1 Å². The normalized spacial score (nSPS) is 31.3. The van der Waals surface area contributed by atoms with Crippen LogP contribution in [0.3, 0.4) is 0 Å². The van der Waals surface area contributed by atoms with Crippen molar-refractivity contribution < 1.29 is 98.5 Å². The second kappa shape index (κ2) is 29.8. The van der Waals surface area contributed by atoms with Crippen LogP contribution in [0.4, 0.5) is 16.2 Å². The Balaban J connectivity index is 0.909. The maximum atomic E-state index is 15.6. The largest absolute Gasteiger partial charge is 0.496 e. The van der Waals surface area contributed by atoms with Gasteiger partial charge in [0.1, 0.15) is 54.3 Å². The molecule has 0 aromatic heterocycles. The molecule has 2 aromatic carbocycles. The summed E-state index contributed by atoms with van der Waals surface area (Å²) in [7, 11) is 6.68. The van der Waals surface area contributed by atoms with Crippen molar-refractivity contribution in [3.8, 4) is 5.75 Å². The van der Waals surface area contributed by atoms with Gasteiger partial charge in [0.15, 0.2) is 5.60 Å². The molecule has 3 unspecified atom stereocenters. The summed E-state index contributed by atoms with van der Waals surface area (Å²) in [5.74, 6) is -7.41. The smallest absolute Gasteiger partial charge is 0.426 e. The average Bonchev–Trinajstić information content (AvgIpc) is 1.51. The Labute approximate surface area is 558 Å². The van der Waals surface area contributed by atoms with Gasteiger partial charge in [0.2, 0.25) is 17.7 Å². The summed E-state index contributed by atoms with van der Waals surface area (Å²) in [6.45, 7) is 7.14. The topological polar surface area (TPSA) is 428 Å². The van der Waals surface area contributed by atoms with Gasteiger partial charge in [0.25, 0.3) is 5.91 Å². The number of aliphatic hydroxyl groups is 7. The van der Waals surface area contributed by atoms with Crippen LogP contribution in [0, 0.1) is 11.3 Å². The van der Waals surface area contributed by atoms with Gasteiger partial charge in [-0.2, -0.15) is 0 Å². The summed E-state index contributed by atoms with van der Waals surface area (Å²) < 4.78 is 17.8. The average molecular weight is 1370 g/mol. The number of amides is 5. The Morgan fingerprint density at radius 2 is 1.58 bits per heavy atom. The number of carboxylic acid groups (broad SMARTS) is 2. The van der Waals surface area contributed by atoms with E-state index in [0.29, 0.717) is 94.7 Å². The lowest BCUT2D eigenvalue weighted by Crippen LogP contribution is -2.82. The van der Waals surface area contributed by atoms with Crippen molar-refractivity contribution in [1.29, 1.82) is 0 Å². The number of nitrogens with zero attached hydrogens (tertiary/aromatic N) is 3. The first-order valence-corrected chi connectivity index (χ1v) is 35.1. The molecule has 95 heavy (non-hydrogen) atoms. The number of carboxylic acids is 2. The van der Waals surface area contributed by atoms with Gasteiger partial charge in [-0.05, 0) is 107 Å². The quantitative estimate of drug-likeness (QED) is 0.0238. The first kappa shape index (κ1) is 73.0. The summed E-state index contributed by atoms with van der Waals surface area (Å²) in [5.41, 5.74) is 1.32. The zero-order valence-corrected chi connectivity index (χ0v) is 56.0. The lowest BCUT2D eigenvalue weighted by Gasteiger charge is -2.64. The summed E-state index contributed by atoms with van der Waals surface area (Å²) in [6, 6.07) is 5.02. The molecule has 6 aliphatic heterocycles. The van der Waals surface area contributed by atoms with Crippen molar-refractivity contribution in [2.45, 2.75) is 186 Å². The van der Waals surface area contributed by atoms with Gasteiger partial charge in [-0.25, -0.2) is 15.0 Å². The molecule has 1 saturated carbocycles. The minimum atomic E-state index is -2.62. The third-order valence-corrected chi connectivity index (χ3v) is 23.8. The molecule has 7 aliphatic rings. The van der Waals surface area contributed by atoms with Crippen LogP contribution in [0.25, 0.3) is 0 Å². The molecule has 2 aromatic rings. The van der Waals surface area contributed by atoms with Crippen LogP contribution in [0.15, 0.2) is 36.4 Å². The molecule has 5 amide bonds. The van der Waals surface area contributed by atoms with Gasteiger partial charge in [-0.1, -0.05) is 60.6 Å². The van der Waals surface area contributed by atoms with Crippen molar-refractivity contribution in [3.63, 3.8) is 0 Å². The van der Waals surface area contributed by atoms with E-state index in [4.69, 9.17) is 14.2 Å². The van der Waals surface area contributed by atoms with Crippen LogP contribution in [-0.2, 0) is 53.9 Å². The molecule has 29 nitrogen and oxygen atoms in total. The van der Waals surface area contributed by atoms with E-state index >= 15 is 9.59 Å². The highest BCUT2D eigenvalue weighted by Crippen LogP contribution is 2.69. The predicted octanol–water partition coefficient (Wildman–Crippen LogP) is -0.215. The van der Waals surface area contributed by atoms with E-state index in [1.807, 2.05) is 49.1 Å². The number of benzene rings is 2. The van der Waals surface area contributed by atoms with Gasteiger partial charge in [0.05, 0.1) is 44.6 Å². The van der Waals surface area contributed by atoms with E-state index in [1.165, 1.54) is 14.0 Å². The van der Waals surface area contributed by atoms with Gasteiger partial charge in [-0.15, -0.1) is 0 Å². The second-order valence-corrected chi connectivity index (χ2v) is 29.2. The Morgan fingerprint density at radius 1 is 0.842 bits per heavy atom. The summed E-state index contributed by atoms with van der Waals surface area (Å²) >= 11 is 0. The number of rotatable bonds is 27. The standard InChI is InChI=1S/C64H93N9O20S2/c1-7-46(76)65-40(15-16-48(78)79)52(82)68-41(49(80)50(81)44(75)31-74)26-47(77)66-42(53(83)84)32-95-94-24-23-93-59(88)70-69-57(86)64(90)55-62(19-22-73-20-12-18-61(9-3,54(62)73)56(64)85)37-25-38(45(91-5)27-43(37)71(55)4)63(58(87)92-6)29-34-28-60(89,8-2)33-72(30-34)21-17-36-35-13-10-11-14-39(35)67-51(36)63/h10-11,13-14,25,27,34,36,40-42,44,49-51,54-56,67,74-75,80-81,85,89-90H,7-9,12,15-24,26,28-33H2,1-6H3,(H,65,76)(H,66,77)(H,68,82)(H,69,86)(H,70,88)(H,78,79)(H,83,84)/t34-,36?,40+,41-,42+,44-,49-,50-,51?,54+,55-,56-,60+,61-,62-,63+,64+/m1/s1. The Kier molecular flexibility index (Phi) is 22.9. The summed E-state index contributed by atoms with van der Waals surface area (Å²) in [6.07, 6.45) is -7.23. The first-order valence-electron chi connectivity index (χ1n) is 32.6. The molecule has 526 valence electrons. The molecular weight excluding hydrogens is 1280 g/mol. The van der Waals surface area contributed by atoms with Crippen LogP contribution < -0.4 is 41.8 Å². The number of carbonyl (C=O) groups is 8. The van der Waals surface area contributed by atoms with Crippen LogP contribution in [0.5, 0.6) is 5.75 Å². The fraction of sp³-hybridized carbons (Fsp3) is 0.688. The van der Waals surface area contributed by atoms with E-state index in [2.05, 4.69) is 48.0 Å². The van der Waals surface area contributed by atoms with Crippen LogP contribution in [0.2, 0.25) is 0 Å². The molecule has 2 bridgehead atoms. The molecule has 6 heterocycles. The van der Waals surface area contributed by atoms with Crippen LogP contribution >= 0.6 is 21.6 Å². The van der Waals surface area contributed by atoms with Crippen molar-refractivity contribution in [2.75, 3.05) is 88.9 Å². The molecule has 31 heteroatoms. The molecule has 9 rings (SSSR count). The molecule has 15 N–H and O–H groups in total. The number of aliphatic hydroxyl groups excluding tert-OH is 5. The number of aliphatic carboxylic acids is 2. The number of esters is 1. The highest BCUT2D eigenvalue weighted by Gasteiger charge is 2.79. The Morgan fingerprint density at radius 3 is 2.25 bits per heavy atom. The molecule has 1 spiro atoms. The number of hydrogen-bond donors (Lipinski definition) is 15. The van der Waals surface area contributed by atoms with E-state index in [1.54, 1.807) is 14.2 Å². The number of ether oxygens (including phenoxy) is 3. The monoisotopic (exact) mass is 1370 g/mol. The third-order valence-electron chi connectivity index (χ3n) is 21.5. The van der Waals surface area contributed by atoms with Crippen molar-refractivity contribution in [2.24, 2.45) is 11.3 Å². The molecular formula is C64H93N9O20S2. The SMILES string of the molecule is CCC(=O)N[C@@H](CCC(=O)O)C(=O)N[C@H](CC(=O)N[C@@H](CSSCCOC(=O)NNC(=O)[C@@]1(O)[C@H](O)[C@]2(CC)CCCN3CC[C@@]4(c5cc([C@@]6(C(=O)OC)C[C@@H]7CN(CCC8c9ccccc9NC86)C[C@](O)(CC)C7)c(OC)cc5N(C)[C@@H]14)[C@@H]32)C(=O)O)[C@@H](O)[C@H](O)[C@H](O)CO. The molecule has 5 fully saturated rings. The first-order chi connectivity index (χ1) is 45.2. The number of piperidine rings is 2. The third kappa shape index (κ3) is 13.7. The molecule has 18 atom stereocenters. The summed E-state index contributed by atoms with van der Waals surface area (Å²) in [5, 5.41) is 110. The zero-order valence-electron chi connectivity index (χ0n) is 54.4. The van der Waals surface area contributed by atoms with E-state index in [9.17, 15) is 74.7 Å². The van der Waals surface area contributed by atoms with Gasteiger partial charge < -0.3 is 91.2 Å². The maximum absolute atomic E-state index is 15.6. The number of anilines is 2. The number of hydrazine groups is 1. The second-order valence-electron chi connectivity index (χ2n) is 26.6. The number of methoxy groups -OCH3 is 2. The molecule has 4 saturated heterocycles. The number of nitrogens with one attached hydrogen (secondary N) is 6. The van der Waals surface area contributed by atoms with E-state index in [-0.39, 0.29) is 42.8 Å². The predicted molar refractivity (Wildman–Crippen MR) is 347 cm³/mol. The zero-order chi connectivity index (χ0) is 69.1. The Hall–Kier alpha value is -6.26. The lowest BCUT2D eigenvalue weighted by molar-refractivity contribution is -0.222. The van der Waals surface area contributed by atoms with Crippen molar-refractivity contribution >= 4 is 80.6 Å². The van der Waals surface area contributed by atoms with Crippen LogP contribution in [0.1, 0.15) is 120 Å². The van der Waals surface area contributed by atoms with Gasteiger partial charge >= 0.3 is 24.0 Å². The van der Waals surface area contributed by atoms with E-state index in [0.717, 1.165) is 38.4 Å². The van der Waals surface area contributed by atoms with Crippen molar-refractivity contribution in [1.82, 2.24) is 36.6 Å². The Bertz CT molecular complexity index is 3190. The number of fused-ring (bicyclic) bond motifs is 6. The van der Waals surface area contributed by atoms with E-state index < -0.39 is 162 Å². The number of likely N-dealkylation sites (N-methyl/N-ethyl adjacent to an activating group) is 1. The number of para-hydroxylation sites is 1.